The van der Waals surface area contributed by atoms with E-state index in [0.717, 1.165) is 46.8 Å². The van der Waals surface area contributed by atoms with Crippen molar-refractivity contribution in [2.45, 2.75) is 43.8 Å². The van der Waals surface area contributed by atoms with Gasteiger partial charge in [0.15, 0.2) is 5.16 Å². The van der Waals surface area contributed by atoms with Crippen LogP contribution in [-0.2, 0) is 24.1 Å². The molecule has 7 heteroatoms. The van der Waals surface area contributed by atoms with E-state index in [2.05, 4.69) is 6.07 Å². The maximum atomic E-state index is 13.0. The van der Waals surface area contributed by atoms with Gasteiger partial charge in [0.1, 0.15) is 4.83 Å². The van der Waals surface area contributed by atoms with Crippen LogP contribution < -0.4 is 5.56 Å². The third-order valence-electron chi connectivity index (χ3n) is 3.97. The highest BCUT2D eigenvalue weighted by Gasteiger charge is 2.23. The highest BCUT2D eigenvalue weighted by molar-refractivity contribution is 7.99. The molecule has 122 valence electrons. The number of hydrogen-bond donors (Lipinski definition) is 0. The zero-order valence-corrected chi connectivity index (χ0v) is 14.8. The Labute approximate surface area is 143 Å². The van der Waals surface area contributed by atoms with Crippen molar-refractivity contribution in [1.29, 1.82) is 5.26 Å². The molecule has 0 amide bonds. The van der Waals surface area contributed by atoms with E-state index < -0.39 is 0 Å². The second-order valence-electron chi connectivity index (χ2n) is 5.49. The predicted molar refractivity (Wildman–Crippen MR) is 93.4 cm³/mol. The van der Waals surface area contributed by atoms with Crippen LogP contribution in [0.5, 0.6) is 0 Å². The van der Waals surface area contributed by atoms with Gasteiger partial charge in [0.05, 0.1) is 24.6 Å². The van der Waals surface area contributed by atoms with E-state index in [1.807, 2.05) is 0 Å². The summed E-state index contributed by atoms with van der Waals surface area (Å²) in [5.74, 6) is 0.795. The maximum absolute atomic E-state index is 13.0. The van der Waals surface area contributed by atoms with Crippen molar-refractivity contribution in [3.63, 3.8) is 0 Å². The van der Waals surface area contributed by atoms with Crippen LogP contribution in [0.25, 0.3) is 10.2 Å². The average Bonchev–Trinajstić information content (AvgIpc) is 3.11. The summed E-state index contributed by atoms with van der Waals surface area (Å²) in [5, 5.41) is 10.2. The summed E-state index contributed by atoms with van der Waals surface area (Å²) in [6.45, 7) is 1.01. The number of aromatic nitrogens is 2. The first-order valence-electron chi connectivity index (χ1n) is 7.80. The van der Waals surface area contributed by atoms with Crippen molar-refractivity contribution in [2.75, 3.05) is 19.5 Å². The molecule has 0 spiro atoms. The summed E-state index contributed by atoms with van der Waals surface area (Å²) in [6.07, 6.45) is 4.54. The van der Waals surface area contributed by atoms with Gasteiger partial charge in [0.2, 0.25) is 0 Å². The van der Waals surface area contributed by atoms with Gasteiger partial charge in [0.25, 0.3) is 5.56 Å². The van der Waals surface area contributed by atoms with Crippen LogP contribution in [0.2, 0.25) is 0 Å². The molecule has 23 heavy (non-hydrogen) atoms. The van der Waals surface area contributed by atoms with E-state index in [1.54, 1.807) is 34.8 Å². The molecular formula is C16H19N3O2S2. The van der Waals surface area contributed by atoms with Gasteiger partial charge >= 0.3 is 0 Å². The van der Waals surface area contributed by atoms with E-state index in [4.69, 9.17) is 15.0 Å². The Balaban J connectivity index is 2.00. The number of ether oxygens (including phenoxy) is 1. The monoisotopic (exact) mass is 349 g/mol. The average molecular weight is 349 g/mol. The molecule has 0 bridgehead atoms. The lowest BCUT2D eigenvalue weighted by molar-refractivity contribution is 0.183. The molecule has 0 fully saturated rings. The summed E-state index contributed by atoms with van der Waals surface area (Å²) in [6, 6.07) is 2.15. The number of thiophene rings is 1. The minimum atomic E-state index is 0.0641. The van der Waals surface area contributed by atoms with E-state index in [9.17, 15) is 4.79 Å². The topological polar surface area (TPSA) is 67.9 Å². The van der Waals surface area contributed by atoms with Gasteiger partial charge in [-0.1, -0.05) is 11.8 Å². The fraction of sp³-hybridized carbons (Fsp3) is 0.562. The van der Waals surface area contributed by atoms with Crippen molar-refractivity contribution in [3.8, 4) is 6.07 Å². The van der Waals surface area contributed by atoms with Crippen LogP contribution in [0.15, 0.2) is 9.95 Å². The van der Waals surface area contributed by atoms with Crippen molar-refractivity contribution in [3.05, 3.63) is 20.8 Å². The third-order valence-corrected chi connectivity index (χ3v) is 6.22. The van der Waals surface area contributed by atoms with Crippen LogP contribution in [0.3, 0.4) is 0 Å². The molecule has 2 heterocycles. The molecule has 0 N–H and O–H groups in total. The molecule has 2 aromatic heterocycles. The summed E-state index contributed by atoms with van der Waals surface area (Å²) in [4.78, 5) is 19.9. The lowest BCUT2D eigenvalue weighted by atomic mass is 10.2. The second-order valence-corrected chi connectivity index (χ2v) is 7.64. The molecule has 1 aliphatic rings. The lowest BCUT2D eigenvalue weighted by Gasteiger charge is -2.11. The highest BCUT2D eigenvalue weighted by atomic mass is 32.2. The smallest absolute Gasteiger partial charge is 0.263 e. The quantitative estimate of drug-likeness (QED) is 0.437. The first kappa shape index (κ1) is 16.5. The van der Waals surface area contributed by atoms with Gasteiger partial charge in [-0.15, -0.1) is 11.3 Å². The Bertz CT molecular complexity index is 804. The minimum absolute atomic E-state index is 0.0641. The summed E-state index contributed by atoms with van der Waals surface area (Å²) in [5.41, 5.74) is 1.28. The van der Waals surface area contributed by atoms with Gasteiger partial charge in [-0.3, -0.25) is 9.36 Å². The Morgan fingerprint density at radius 3 is 3.13 bits per heavy atom. The molecule has 0 saturated carbocycles. The van der Waals surface area contributed by atoms with E-state index in [1.165, 1.54) is 10.4 Å². The number of aryl methyl sites for hydroxylation is 2. The van der Waals surface area contributed by atoms with Crippen molar-refractivity contribution >= 4 is 33.3 Å². The number of nitrogens with zero attached hydrogens (tertiary/aromatic N) is 3. The summed E-state index contributed by atoms with van der Waals surface area (Å²) in [7, 11) is 1.64. The number of thioether (sulfide) groups is 1. The van der Waals surface area contributed by atoms with Crippen LogP contribution >= 0.6 is 23.1 Å². The van der Waals surface area contributed by atoms with Crippen molar-refractivity contribution in [1.82, 2.24) is 9.55 Å². The first-order valence-corrected chi connectivity index (χ1v) is 9.60. The molecule has 0 saturated heterocycles. The minimum Gasteiger partial charge on any atom is -0.383 e. The van der Waals surface area contributed by atoms with Crippen LogP contribution in [0.4, 0.5) is 0 Å². The van der Waals surface area contributed by atoms with E-state index in [0.29, 0.717) is 19.6 Å². The van der Waals surface area contributed by atoms with Gasteiger partial charge in [-0.25, -0.2) is 4.98 Å². The number of nitriles is 1. The van der Waals surface area contributed by atoms with Gasteiger partial charge < -0.3 is 4.74 Å². The molecule has 0 atom stereocenters. The molecular weight excluding hydrogens is 330 g/mol. The molecule has 0 aliphatic heterocycles. The molecule has 3 rings (SSSR count). The number of rotatable bonds is 7. The molecule has 0 unspecified atom stereocenters. The van der Waals surface area contributed by atoms with Crippen LogP contribution in [0, 0.1) is 11.3 Å². The first-order chi connectivity index (χ1) is 11.3. The zero-order chi connectivity index (χ0) is 16.2. The molecule has 5 nitrogen and oxygen atoms in total. The maximum Gasteiger partial charge on any atom is 0.263 e. The predicted octanol–water partition coefficient (Wildman–Crippen LogP) is 2.99. The molecule has 1 aliphatic carbocycles. The third kappa shape index (κ3) is 3.30. The van der Waals surface area contributed by atoms with Gasteiger partial charge in [-0.05, 0) is 31.2 Å². The number of hydrogen-bond acceptors (Lipinski definition) is 6. The fourth-order valence-electron chi connectivity index (χ4n) is 2.86. The normalized spacial score (nSPS) is 13.4. The second kappa shape index (κ2) is 7.47. The summed E-state index contributed by atoms with van der Waals surface area (Å²) >= 11 is 3.23. The zero-order valence-electron chi connectivity index (χ0n) is 13.1. The van der Waals surface area contributed by atoms with Crippen molar-refractivity contribution < 1.29 is 4.74 Å². The number of fused-ring (bicyclic) bond motifs is 3. The number of unbranched alkanes of at least 4 members (excludes halogenated alkanes) is 1. The lowest BCUT2D eigenvalue weighted by Crippen LogP contribution is -2.25. The largest absolute Gasteiger partial charge is 0.383 e. The highest BCUT2D eigenvalue weighted by Crippen LogP contribution is 2.35. The molecule has 0 aromatic carbocycles. The standard InChI is InChI=1S/C16H19N3O2S2/c1-21-9-8-19-15(20)13-11-5-4-6-12(11)23-14(13)18-16(19)22-10-3-2-7-17/h2-6,8-10H2,1H3. The Hall–Kier alpha value is -1.36. The summed E-state index contributed by atoms with van der Waals surface area (Å²) < 4.78 is 6.89. The van der Waals surface area contributed by atoms with E-state index >= 15 is 0 Å². The Morgan fingerprint density at radius 2 is 2.35 bits per heavy atom. The van der Waals surface area contributed by atoms with Gasteiger partial charge in [-0.2, -0.15) is 5.26 Å². The van der Waals surface area contributed by atoms with Crippen molar-refractivity contribution in [2.24, 2.45) is 0 Å². The Morgan fingerprint density at radius 1 is 1.48 bits per heavy atom. The van der Waals surface area contributed by atoms with Crippen LogP contribution in [-0.4, -0.2) is 29.0 Å². The fourth-order valence-corrected chi connectivity index (χ4v) is 5.13. The molecule has 2 aromatic rings. The number of methoxy groups -OCH3 is 1. The van der Waals surface area contributed by atoms with Gasteiger partial charge in [0, 0.05) is 24.2 Å². The molecule has 0 radical (unpaired) electrons. The SMILES string of the molecule is COCCn1c(SCCCC#N)nc2sc3c(c2c1=O)CCC3. The van der Waals surface area contributed by atoms with Crippen LogP contribution in [0.1, 0.15) is 29.7 Å². The van der Waals surface area contributed by atoms with E-state index in [-0.39, 0.29) is 5.56 Å². The Kier molecular flexibility index (Phi) is 5.36.